The zero-order valence-corrected chi connectivity index (χ0v) is 44.1. The largest absolute Gasteiger partial charge is 0.472 e. The van der Waals surface area contributed by atoms with Crippen molar-refractivity contribution in [3.63, 3.8) is 0 Å². The molecule has 0 bridgehead atoms. The number of nitrogens with one attached hydrogen (secondary N) is 1. The molecule has 0 spiro atoms. The topological polar surface area (TPSA) is 206 Å². The van der Waals surface area contributed by atoms with Gasteiger partial charge in [0.1, 0.15) is 36.6 Å². The number of rotatable bonds is 49. The summed E-state index contributed by atoms with van der Waals surface area (Å²) in [6, 6.07) is -1.03. The first kappa shape index (κ1) is 64.4. The molecule has 0 saturated heterocycles. The second kappa shape index (κ2) is 44.1. The lowest BCUT2D eigenvalue weighted by atomic mass is 9.85. The maximum absolute atomic E-state index is 13.0. The highest BCUT2D eigenvalue weighted by Crippen LogP contribution is 2.47. The van der Waals surface area contributed by atoms with Crippen molar-refractivity contribution in [2.24, 2.45) is 0 Å². The van der Waals surface area contributed by atoms with Crippen LogP contribution in [-0.4, -0.2) is 96.8 Å². The van der Waals surface area contributed by atoms with E-state index in [1.54, 1.807) is 0 Å². The van der Waals surface area contributed by atoms with Gasteiger partial charge in [-0.1, -0.05) is 264 Å². The van der Waals surface area contributed by atoms with E-state index in [-0.39, 0.29) is 12.3 Å². The second-order valence-electron chi connectivity index (χ2n) is 20.5. The molecule has 0 aromatic heterocycles. The summed E-state index contributed by atoms with van der Waals surface area (Å²) in [5.74, 6) is -0.301. The summed E-state index contributed by atoms with van der Waals surface area (Å²) in [6.07, 6.45) is 38.6. The number of aliphatic hydroxyl groups excluding tert-OH is 6. The minimum Gasteiger partial charge on any atom is -0.391 e. The van der Waals surface area contributed by atoms with Gasteiger partial charge in [-0.05, 0) is 12.8 Å². The molecule has 8 N–H and O–H groups in total. The van der Waals surface area contributed by atoms with E-state index in [9.17, 15) is 44.9 Å². The quantitative estimate of drug-likeness (QED) is 0.0213. The van der Waals surface area contributed by atoms with Crippen LogP contribution in [-0.2, 0) is 18.4 Å². The van der Waals surface area contributed by atoms with Crippen molar-refractivity contribution < 1.29 is 53.9 Å². The number of hydrogen-bond acceptors (Lipinski definition) is 10. The van der Waals surface area contributed by atoms with Crippen LogP contribution < -0.4 is 5.32 Å². The Kier molecular flexibility index (Phi) is 42.3. The van der Waals surface area contributed by atoms with Crippen molar-refractivity contribution in [3.05, 3.63) is 0 Å². The molecule has 0 aromatic carbocycles. The van der Waals surface area contributed by atoms with Crippen LogP contribution in [0.2, 0.25) is 0 Å². The predicted molar refractivity (Wildman–Crippen MR) is 274 cm³/mol. The van der Waals surface area contributed by atoms with Crippen LogP contribution in [0.3, 0.4) is 0 Å². The number of carbonyl (C=O) groups excluding carboxylic acids is 1. The molecule has 1 aliphatic rings. The molecule has 0 aromatic rings. The normalized spacial score (nSPS) is 21.6. The Morgan fingerprint density at radius 3 is 1.03 bits per heavy atom. The minimum atomic E-state index is -5.06. The molecule has 1 fully saturated rings. The molecule has 1 rings (SSSR count). The third kappa shape index (κ3) is 35.2. The maximum atomic E-state index is 13.0. The van der Waals surface area contributed by atoms with Gasteiger partial charge in [-0.15, -0.1) is 0 Å². The first-order valence-electron chi connectivity index (χ1n) is 28.5. The molecule has 0 radical (unpaired) electrons. The molecule has 12 nitrogen and oxygen atoms in total. The molecular formula is C54H108NO11P. The van der Waals surface area contributed by atoms with Gasteiger partial charge in [-0.3, -0.25) is 13.8 Å². The van der Waals surface area contributed by atoms with Crippen LogP contribution in [0.15, 0.2) is 0 Å². The van der Waals surface area contributed by atoms with Crippen LogP contribution in [0, 0.1) is 0 Å². The van der Waals surface area contributed by atoms with Crippen LogP contribution in [0.5, 0.6) is 0 Å². The first-order valence-corrected chi connectivity index (χ1v) is 30.0. The zero-order chi connectivity index (χ0) is 49.2. The average molecular weight is 978 g/mol. The van der Waals surface area contributed by atoms with Gasteiger partial charge in [0.25, 0.3) is 0 Å². The summed E-state index contributed by atoms with van der Waals surface area (Å²) in [6.45, 7) is 3.93. The van der Waals surface area contributed by atoms with E-state index in [2.05, 4.69) is 19.2 Å². The lowest BCUT2D eigenvalue weighted by Gasteiger charge is -2.41. The Morgan fingerprint density at radius 2 is 0.716 bits per heavy atom. The fraction of sp³-hybridized carbons (Fsp3) is 0.981. The predicted octanol–water partition coefficient (Wildman–Crippen LogP) is 12.6. The highest BCUT2D eigenvalue weighted by molar-refractivity contribution is 7.47. The Labute approximate surface area is 410 Å². The molecular weight excluding hydrogens is 870 g/mol. The van der Waals surface area contributed by atoms with Crippen LogP contribution in [0.1, 0.15) is 284 Å². The van der Waals surface area contributed by atoms with Crippen molar-refractivity contribution >= 4 is 13.7 Å². The lowest BCUT2D eigenvalue weighted by molar-refractivity contribution is -0.220. The average Bonchev–Trinajstić information content (AvgIpc) is 3.31. The SMILES string of the molecule is CCCCCCCCCCCCCCCCCCCCCCCCCCCCC(=O)N[C@@H](COP(=O)(O)OC1C(O)C(O)C(O)[C@@H](O)C1O)[C@H](O)CCCCCCCCCCCCCCCC. The number of hydrogen-bond donors (Lipinski definition) is 8. The lowest BCUT2D eigenvalue weighted by Crippen LogP contribution is -2.64. The van der Waals surface area contributed by atoms with E-state index in [0.717, 1.165) is 38.5 Å². The van der Waals surface area contributed by atoms with E-state index in [4.69, 9.17) is 9.05 Å². The van der Waals surface area contributed by atoms with Crippen molar-refractivity contribution in [2.75, 3.05) is 6.61 Å². The van der Waals surface area contributed by atoms with Crippen molar-refractivity contribution in [3.8, 4) is 0 Å². The van der Waals surface area contributed by atoms with Crippen LogP contribution >= 0.6 is 7.82 Å². The van der Waals surface area contributed by atoms with Crippen molar-refractivity contribution in [1.82, 2.24) is 5.32 Å². The molecule has 1 aliphatic carbocycles. The van der Waals surface area contributed by atoms with Crippen molar-refractivity contribution in [1.29, 1.82) is 0 Å². The summed E-state index contributed by atoms with van der Waals surface area (Å²) in [4.78, 5) is 23.5. The second-order valence-corrected chi connectivity index (χ2v) is 21.9. The molecule has 400 valence electrons. The van der Waals surface area contributed by atoms with E-state index in [1.165, 1.54) is 205 Å². The molecule has 0 heterocycles. The van der Waals surface area contributed by atoms with Gasteiger partial charge in [0, 0.05) is 6.42 Å². The van der Waals surface area contributed by atoms with Gasteiger partial charge < -0.3 is 40.8 Å². The Balaban J connectivity index is 2.28. The van der Waals surface area contributed by atoms with Crippen LogP contribution in [0.25, 0.3) is 0 Å². The van der Waals surface area contributed by atoms with Gasteiger partial charge in [-0.2, -0.15) is 0 Å². The number of amides is 1. The number of phosphoric acid groups is 1. The van der Waals surface area contributed by atoms with E-state index >= 15 is 0 Å². The van der Waals surface area contributed by atoms with E-state index in [1.807, 2.05) is 0 Å². The third-order valence-electron chi connectivity index (χ3n) is 14.2. The number of unbranched alkanes of at least 4 members (excludes halogenated alkanes) is 38. The van der Waals surface area contributed by atoms with Gasteiger partial charge in [0.05, 0.1) is 18.8 Å². The molecule has 67 heavy (non-hydrogen) atoms. The standard InChI is InChI=1S/C54H108NO11P/c1-3-5-7-9-11-13-15-17-19-20-21-22-23-24-25-26-27-28-29-30-32-34-36-38-40-42-44-48(57)55-46(45-65-67(63,64)66-54-52(61)50(59)49(58)51(60)53(54)62)47(56)43-41-39-37-35-33-31-18-16-14-12-10-8-6-4-2/h46-47,49-54,56,58-62H,3-45H2,1-2H3,(H,55,57)(H,63,64)/t46-,47+,49?,50+,51?,52?,53?,54?/m0/s1. The van der Waals surface area contributed by atoms with E-state index < -0.39 is 63.2 Å². The van der Waals surface area contributed by atoms with Gasteiger partial charge in [-0.25, -0.2) is 4.57 Å². The summed E-state index contributed by atoms with van der Waals surface area (Å²) in [5.41, 5.74) is 0. The maximum Gasteiger partial charge on any atom is 0.472 e. The highest BCUT2D eigenvalue weighted by atomic mass is 31.2. The Hall–Kier alpha value is -0.660. The highest BCUT2D eigenvalue weighted by Gasteiger charge is 2.51. The first-order chi connectivity index (χ1) is 32.4. The molecule has 0 aliphatic heterocycles. The summed E-state index contributed by atoms with van der Waals surface area (Å²) >= 11 is 0. The summed E-state index contributed by atoms with van der Waals surface area (Å²) in [7, 11) is -5.06. The summed E-state index contributed by atoms with van der Waals surface area (Å²) in [5, 5.41) is 64.4. The number of aliphatic hydroxyl groups is 6. The molecule has 1 amide bonds. The van der Waals surface area contributed by atoms with E-state index in [0.29, 0.717) is 19.3 Å². The van der Waals surface area contributed by atoms with Gasteiger partial charge in [0.15, 0.2) is 0 Å². The smallest absolute Gasteiger partial charge is 0.391 e. The number of phosphoric ester groups is 1. The van der Waals surface area contributed by atoms with Crippen LogP contribution in [0.4, 0.5) is 0 Å². The molecule has 6 unspecified atom stereocenters. The molecule has 1 saturated carbocycles. The molecule has 9 atom stereocenters. The Morgan fingerprint density at radius 1 is 0.448 bits per heavy atom. The zero-order valence-electron chi connectivity index (χ0n) is 43.2. The molecule has 13 heteroatoms. The fourth-order valence-electron chi connectivity index (χ4n) is 9.56. The monoisotopic (exact) mass is 978 g/mol. The number of carbonyl (C=O) groups is 1. The van der Waals surface area contributed by atoms with Gasteiger partial charge >= 0.3 is 7.82 Å². The van der Waals surface area contributed by atoms with Gasteiger partial charge in [0.2, 0.25) is 5.91 Å². The van der Waals surface area contributed by atoms with Crippen molar-refractivity contribution in [2.45, 2.75) is 332 Å². The fourth-order valence-corrected chi connectivity index (χ4v) is 10.5. The minimum absolute atomic E-state index is 0.243. The third-order valence-corrected chi connectivity index (χ3v) is 15.2. The summed E-state index contributed by atoms with van der Waals surface area (Å²) < 4.78 is 23.1. The Bertz CT molecular complexity index is 1140.